The minimum atomic E-state index is -0.541. The number of carbonyl (C=O) groups is 1. The van der Waals surface area contributed by atoms with E-state index in [1.807, 2.05) is 0 Å². The van der Waals surface area contributed by atoms with Crippen LogP contribution in [0.5, 0.6) is 0 Å². The number of alkyl halides is 1. The highest BCUT2D eigenvalue weighted by Crippen LogP contribution is 2.50. The molecule has 0 aromatic heterocycles. The van der Waals surface area contributed by atoms with E-state index < -0.39 is 11.4 Å². The number of carboxylic acid groups (broad SMARTS) is 1. The van der Waals surface area contributed by atoms with Crippen molar-refractivity contribution in [1.82, 2.24) is 0 Å². The Balaban J connectivity index is 2.02. The van der Waals surface area contributed by atoms with E-state index in [4.69, 9.17) is 11.6 Å². The normalized spacial score (nSPS) is 40.0. The van der Waals surface area contributed by atoms with E-state index in [1.165, 1.54) is 12.8 Å². The van der Waals surface area contributed by atoms with Gasteiger partial charge in [0.25, 0.3) is 0 Å². The van der Waals surface area contributed by atoms with Gasteiger partial charge in [-0.2, -0.15) is 0 Å². The van der Waals surface area contributed by atoms with Crippen LogP contribution in [0, 0.1) is 17.3 Å². The molecule has 2 rings (SSSR count). The average Bonchev–Trinajstić information content (AvgIpc) is 2.41. The molecule has 0 aromatic rings. The van der Waals surface area contributed by atoms with Crippen molar-refractivity contribution in [2.75, 3.05) is 0 Å². The van der Waals surface area contributed by atoms with Crippen molar-refractivity contribution in [2.45, 2.75) is 76.5 Å². The standard InChI is InChI=1S/C16H27ClO2/c1-2-3-12-8-10-16(11-9-12,15(18)19)13-4-6-14(17)7-5-13/h12-14H,2-11H2,1H3,(H,18,19). The third-order valence-electron chi connectivity index (χ3n) is 5.56. The van der Waals surface area contributed by atoms with Gasteiger partial charge in [0.05, 0.1) is 5.41 Å². The van der Waals surface area contributed by atoms with Gasteiger partial charge in [-0.15, -0.1) is 11.6 Å². The lowest BCUT2D eigenvalue weighted by molar-refractivity contribution is -0.157. The molecule has 0 unspecified atom stereocenters. The number of hydrogen-bond acceptors (Lipinski definition) is 1. The van der Waals surface area contributed by atoms with Gasteiger partial charge in [-0.05, 0) is 63.2 Å². The minimum Gasteiger partial charge on any atom is -0.481 e. The first-order chi connectivity index (χ1) is 9.08. The molecule has 19 heavy (non-hydrogen) atoms. The fourth-order valence-electron chi connectivity index (χ4n) is 4.29. The van der Waals surface area contributed by atoms with Gasteiger partial charge in [-0.3, -0.25) is 4.79 Å². The topological polar surface area (TPSA) is 37.3 Å². The van der Waals surface area contributed by atoms with Crippen LogP contribution < -0.4 is 0 Å². The summed E-state index contributed by atoms with van der Waals surface area (Å²) in [7, 11) is 0. The second kappa shape index (κ2) is 6.47. The van der Waals surface area contributed by atoms with Crippen molar-refractivity contribution in [3.8, 4) is 0 Å². The molecular formula is C16H27ClO2. The molecule has 0 saturated heterocycles. The molecule has 0 spiro atoms. The smallest absolute Gasteiger partial charge is 0.309 e. The molecule has 3 heteroatoms. The number of hydrogen-bond donors (Lipinski definition) is 1. The maximum atomic E-state index is 11.9. The monoisotopic (exact) mass is 286 g/mol. The molecule has 0 atom stereocenters. The molecule has 0 bridgehead atoms. The molecule has 0 radical (unpaired) electrons. The number of carboxylic acids is 1. The van der Waals surface area contributed by atoms with Crippen LogP contribution in [0.3, 0.4) is 0 Å². The zero-order valence-electron chi connectivity index (χ0n) is 12.0. The minimum absolute atomic E-state index is 0.276. The summed E-state index contributed by atoms with van der Waals surface area (Å²) in [6, 6.07) is 0. The molecule has 0 heterocycles. The van der Waals surface area contributed by atoms with Crippen LogP contribution in [0.15, 0.2) is 0 Å². The molecule has 2 aliphatic carbocycles. The largest absolute Gasteiger partial charge is 0.481 e. The van der Waals surface area contributed by atoms with Gasteiger partial charge in [-0.1, -0.05) is 19.8 Å². The fraction of sp³-hybridized carbons (Fsp3) is 0.938. The molecule has 0 aromatic carbocycles. The third kappa shape index (κ3) is 3.26. The van der Waals surface area contributed by atoms with E-state index in [9.17, 15) is 9.90 Å². The maximum absolute atomic E-state index is 11.9. The van der Waals surface area contributed by atoms with Gasteiger partial charge in [0.1, 0.15) is 0 Å². The van der Waals surface area contributed by atoms with Crippen molar-refractivity contribution in [3.63, 3.8) is 0 Å². The SMILES string of the molecule is CCCC1CCC(C(=O)O)(C2CCC(Cl)CC2)CC1. The Morgan fingerprint density at radius 1 is 1.16 bits per heavy atom. The highest BCUT2D eigenvalue weighted by molar-refractivity contribution is 6.20. The molecule has 0 amide bonds. The highest BCUT2D eigenvalue weighted by Gasteiger charge is 2.48. The van der Waals surface area contributed by atoms with Crippen LogP contribution in [-0.4, -0.2) is 16.5 Å². The lowest BCUT2D eigenvalue weighted by atomic mass is 9.59. The predicted octanol–water partition coefficient (Wildman–Crippen LogP) is 4.85. The van der Waals surface area contributed by atoms with E-state index in [2.05, 4.69) is 6.92 Å². The first-order valence-corrected chi connectivity index (χ1v) is 8.39. The van der Waals surface area contributed by atoms with E-state index >= 15 is 0 Å². The number of rotatable bonds is 4. The molecule has 2 aliphatic rings. The van der Waals surface area contributed by atoms with Crippen LogP contribution in [0.1, 0.15) is 71.1 Å². The van der Waals surface area contributed by atoms with Gasteiger partial charge in [0.15, 0.2) is 0 Å². The van der Waals surface area contributed by atoms with Gasteiger partial charge in [-0.25, -0.2) is 0 Å². The van der Waals surface area contributed by atoms with Crippen molar-refractivity contribution >= 4 is 17.6 Å². The summed E-state index contributed by atoms with van der Waals surface area (Å²) in [5.74, 6) is 0.588. The van der Waals surface area contributed by atoms with E-state index in [1.54, 1.807) is 0 Å². The summed E-state index contributed by atoms with van der Waals surface area (Å²) in [6.45, 7) is 2.22. The molecular weight excluding hydrogens is 260 g/mol. The van der Waals surface area contributed by atoms with Crippen LogP contribution >= 0.6 is 11.6 Å². The van der Waals surface area contributed by atoms with Gasteiger partial charge >= 0.3 is 5.97 Å². The summed E-state index contributed by atoms with van der Waals surface area (Å²) in [5, 5.41) is 10.1. The lowest BCUT2D eigenvalue weighted by Crippen LogP contribution is -2.43. The average molecular weight is 287 g/mol. The van der Waals surface area contributed by atoms with Crippen molar-refractivity contribution < 1.29 is 9.90 Å². The molecule has 2 saturated carbocycles. The molecule has 0 aliphatic heterocycles. The Hall–Kier alpha value is -0.240. The van der Waals surface area contributed by atoms with Gasteiger partial charge in [0.2, 0.25) is 0 Å². The first kappa shape index (κ1) is 15.2. The maximum Gasteiger partial charge on any atom is 0.309 e. The number of halogens is 1. The van der Waals surface area contributed by atoms with Crippen molar-refractivity contribution in [3.05, 3.63) is 0 Å². The Bertz CT molecular complexity index is 300. The highest BCUT2D eigenvalue weighted by atomic mass is 35.5. The lowest BCUT2D eigenvalue weighted by Gasteiger charge is -2.44. The van der Waals surface area contributed by atoms with Gasteiger partial charge in [0, 0.05) is 5.38 Å². The molecule has 2 nitrogen and oxygen atoms in total. The second-order valence-electron chi connectivity index (χ2n) is 6.64. The first-order valence-electron chi connectivity index (χ1n) is 7.96. The van der Waals surface area contributed by atoms with Crippen LogP contribution in [0.25, 0.3) is 0 Å². The number of aliphatic carboxylic acids is 1. The summed E-state index contributed by atoms with van der Waals surface area (Å²) in [5.41, 5.74) is -0.429. The Morgan fingerprint density at radius 2 is 1.74 bits per heavy atom. The van der Waals surface area contributed by atoms with E-state index in [0.717, 1.165) is 57.3 Å². The predicted molar refractivity (Wildman–Crippen MR) is 78.5 cm³/mol. The van der Waals surface area contributed by atoms with Gasteiger partial charge < -0.3 is 5.11 Å². The second-order valence-corrected chi connectivity index (χ2v) is 7.26. The summed E-state index contributed by atoms with van der Waals surface area (Å²) in [4.78, 5) is 11.9. The fourth-order valence-corrected chi connectivity index (χ4v) is 4.54. The Morgan fingerprint density at radius 3 is 2.21 bits per heavy atom. The zero-order chi connectivity index (χ0) is 13.9. The quantitative estimate of drug-likeness (QED) is 0.751. The molecule has 110 valence electrons. The van der Waals surface area contributed by atoms with Crippen molar-refractivity contribution in [2.24, 2.45) is 17.3 Å². The third-order valence-corrected chi connectivity index (χ3v) is 5.99. The summed E-state index contributed by atoms with van der Waals surface area (Å²) >= 11 is 6.16. The summed E-state index contributed by atoms with van der Waals surface area (Å²) in [6.07, 6.45) is 10.5. The molecule has 2 fully saturated rings. The van der Waals surface area contributed by atoms with Crippen molar-refractivity contribution in [1.29, 1.82) is 0 Å². The summed E-state index contributed by atoms with van der Waals surface area (Å²) < 4.78 is 0. The van der Waals surface area contributed by atoms with E-state index in [-0.39, 0.29) is 5.38 Å². The van der Waals surface area contributed by atoms with Crippen LogP contribution in [0.2, 0.25) is 0 Å². The molecule has 1 N–H and O–H groups in total. The van der Waals surface area contributed by atoms with Crippen LogP contribution in [0.4, 0.5) is 0 Å². The van der Waals surface area contributed by atoms with Crippen LogP contribution in [-0.2, 0) is 4.79 Å². The van der Waals surface area contributed by atoms with E-state index in [0.29, 0.717) is 5.92 Å². The zero-order valence-corrected chi connectivity index (χ0v) is 12.8. The Kier molecular flexibility index (Phi) is 5.16. The Labute approximate surface area is 121 Å².